The molecule has 0 saturated carbocycles. The molecule has 0 bridgehead atoms. The Hall–Kier alpha value is -3.75. The molecule has 1 aliphatic rings. The number of piperidine rings is 1. The van der Waals surface area contributed by atoms with Crippen molar-refractivity contribution in [3.8, 4) is 11.3 Å². The van der Waals surface area contributed by atoms with E-state index in [1.165, 1.54) is 6.42 Å². The summed E-state index contributed by atoms with van der Waals surface area (Å²) >= 11 is 0. The van der Waals surface area contributed by atoms with Crippen LogP contribution < -0.4 is 10.2 Å². The van der Waals surface area contributed by atoms with Crippen molar-refractivity contribution in [3.05, 3.63) is 48.2 Å². The smallest absolute Gasteiger partial charge is 0.258 e. The number of benzene rings is 1. The van der Waals surface area contributed by atoms with Gasteiger partial charge < -0.3 is 4.90 Å². The van der Waals surface area contributed by atoms with Gasteiger partial charge in [-0.05, 0) is 32.3 Å². The minimum absolute atomic E-state index is 0.276. The molecule has 158 valence electrons. The third-order valence-electron chi connectivity index (χ3n) is 5.57. The largest absolute Gasteiger partial charge is 0.340 e. The molecule has 9 heteroatoms. The van der Waals surface area contributed by atoms with Gasteiger partial charge in [0.2, 0.25) is 11.9 Å². The minimum Gasteiger partial charge on any atom is -0.340 e. The highest BCUT2D eigenvalue weighted by atomic mass is 16.1. The van der Waals surface area contributed by atoms with Gasteiger partial charge in [-0.15, -0.1) is 5.10 Å². The number of hydrogen-bond donors (Lipinski definition) is 2. The van der Waals surface area contributed by atoms with Crippen LogP contribution >= 0.6 is 0 Å². The first-order chi connectivity index (χ1) is 15.2. The molecule has 1 amide bonds. The second-order valence-electron chi connectivity index (χ2n) is 7.60. The van der Waals surface area contributed by atoms with E-state index in [2.05, 4.69) is 30.5 Å². The number of aryl methyl sites for hydroxylation is 1. The average molecular weight is 416 g/mol. The highest BCUT2D eigenvalue weighted by Crippen LogP contribution is 2.25. The molecule has 0 aliphatic carbocycles. The predicted molar refractivity (Wildman–Crippen MR) is 119 cm³/mol. The predicted octanol–water partition coefficient (Wildman–Crippen LogP) is 3.48. The first-order valence-electron chi connectivity index (χ1n) is 10.6. The molecular formula is C22H24N8O. The molecule has 1 aliphatic heterocycles. The SMILES string of the molecule is CCn1ncc2c(C(=O)Nc3nc(N4CCCCC4)n[nH]3)cc(-c3ccccc3)nc21. The Kier molecular flexibility index (Phi) is 5.07. The van der Waals surface area contributed by atoms with Gasteiger partial charge in [-0.2, -0.15) is 10.1 Å². The summed E-state index contributed by atoms with van der Waals surface area (Å²) in [4.78, 5) is 24.6. The van der Waals surface area contributed by atoms with Gasteiger partial charge in [0.05, 0.1) is 22.8 Å². The number of hydrogen-bond acceptors (Lipinski definition) is 6. The van der Waals surface area contributed by atoms with Crippen LogP contribution in [0.4, 0.5) is 11.9 Å². The average Bonchev–Trinajstić information content (AvgIpc) is 3.46. The molecule has 0 spiro atoms. The molecule has 1 saturated heterocycles. The van der Waals surface area contributed by atoms with Crippen molar-refractivity contribution >= 4 is 28.8 Å². The lowest BCUT2D eigenvalue weighted by Crippen LogP contribution is -2.30. The van der Waals surface area contributed by atoms with Crippen LogP contribution in [0.15, 0.2) is 42.6 Å². The van der Waals surface area contributed by atoms with Gasteiger partial charge in [-0.3, -0.25) is 10.1 Å². The highest BCUT2D eigenvalue weighted by Gasteiger charge is 2.20. The van der Waals surface area contributed by atoms with Gasteiger partial charge in [0.1, 0.15) is 0 Å². The maximum atomic E-state index is 13.2. The Morgan fingerprint density at radius 1 is 1.13 bits per heavy atom. The minimum atomic E-state index is -0.276. The quantitative estimate of drug-likeness (QED) is 0.516. The Balaban J connectivity index is 1.48. The van der Waals surface area contributed by atoms with Crippen molar-refractivity contribution in [2.75, 3.05) is 23.3 Å². The standard InChI is InChI=1S/C22H24N8O/c1-2-30-19-17(14-23-30)16(13-18(24-19)15-9-5-3-6-10-15)20(31)25-21-26-22(28-27-21)29-11-7-4-8-12-29/h3,5-6,9-10,13-14H,2,4,7-8,11-12H2,1H3,(H2,25,26,27,28,31). The molecule has 0 unspecified atom stereocenters. The molecule has 3 aromatic heterocycles. The number of pyridine rings is 1. The first-order valence-corrected chi connectivity index (χ1v) is 10.6. The normalized spacial score (nSPS) is 14.2. The monoisotopic (exact) mass is 416 g/mol. The van der Waals surface area contributed by atoms with Gasteiger partial charge in [0.25, 0.3) is 5.91 Å². The first kappa shape index (κ1) is 19.2. The number of nitrogens with zero attached hydrogens (tertiary/aromatic N) is 6. The molecule has 4 aromatic rings. The van der Waals surface area contributed by atoms with Crippen molar-refractivity contribution in [2.24, 2.45) is 0 Å². The van der Waals surface area contributed by atoms with Crippen LogP contribution in [0.1, 0.15) is 36.5 Å². The van der Waals surface area contributed by atoms with Gasteiger partial charge in [-0.25, -0.2) is 14.8 Å². The van der Waals surface area contributed by atoms with Gasteiger partial charge >= 0.3 is 0 Å². The van der Waals surface area contributed by atoms with Crippen LogP contribution in [-0.4, -0.2) is 48.9 Å². The van der Waals surface area contributed by atoms with E-state index in [4.69, 9.17) is 4.98 Å². The van der Waals surface area contributed by atoms with E-state index >= 15 is 0 Å². The molecule has 0 radical (unpaired) electrons. The Bertz CT molecular complexity index is 1210. The zero-order valence-electron chi connectivity index (χ0n) is 17.4. The van der Waals surface area contributed by atoms with Crippen LogP contribution in [0.3, 0.4) is 0 Å². The molecule has 1 aromatic carbocycles. The van der Waals surface area contributed by atoms with Crippen molar-refractivity contribution in [2.45, 2.75) is 32.7 Å². The molecule has 9 nitrogen and oxygen atoms in total. The van der Waals surface area contributed by atoms with E-state index in [1.54, 1.807) is 16.9 Å². The molecule has 0 atom stereocenters. The summed E-state index contributed by atoms with van der Waals surface area (Å²) in [6, 6.07) is 11.6. The van der Waals surface area contributed by atoms with Crippen LogP contribution in [0, 0.1) is 0 Å². The fraction of sp³-hybridized carbons (Fsp3) is 0.318. The van der Waals surface area contributed by atoms with E-state index in [0.717, 1.165) is 37.2 Å². The summed E-state index contributed by atoms with van der Waals surface area (Å²) in [7, 11) is 0. The highest BCUT2D eigenvalue weighted by molar-refractivity contribution is 6.12. The molecule has 2 N–H and O–H groups in total. The third kappa shape index (κ3) is 3.74. The molecular weight excluding hydrogens is 392 g/mol. The van der Waals surface area contributed by atoms with Crippen LogP contribution in [0.2, 0.25) is 0 Å². The Morgan fingerprint density at radius 2 is 1.94 bits per heavy atom. The number of H-pyrrole nitrogens is 1. The maximum Gasteiger partial charge on any atom is 0.258 e. The zero-order chi connectivity index (χ0) is 21.2. The van der Waals surface area contributed by atoms with Crippen molar-refractivity contribution in [3.63, 3.8) is 0 Å². The second-order valence-corrected chi connectivity index (χ2v) is 7.60. The van der Waals surface area contributed by atoms with E-state index in [-0.39, 0.29) is 5.91 Å². The van der Waals surface area contributed by atoms with E-state index in [0.29, 0.717) is 35.0 Å². The number of carbonyl (C=O) groups is 1. The number of fused-ring (bicyclic) bond motifs is 1. The van der Waals surface area contributed by atoms with Gasteiger partial charge in [-0.1, -0.05) is 30.3 Å². The number of rotatable bonds is 5. The van der Waals surface area contributed by atoms with Crippen molar-refractivity contribution in [1.29, 1.82) is 0 Å². The molecule has 31 heavy (non-hydrogen) atoms. The fourth-order valence-electron chi connectivity index (χ4n) is 3.94. The topological polar surface area (TPSA) is 105 Å². The third-order valence-corrected chi connectivity index (χ3v) is 5.57. The second kappa shape index (κ2) is 8.17. The number of aromatic nitrogens is 6. The van der Waals surface area contributed by atoms with E-state index in [1.807, 2.05) is 37.3 Å². The van der Waals surface area contributed by atoms with Crippen molar-refractivity contribution in [1.82, 2.24) is 29.9 Å². The number of anilines is 2. The summed E-state index contributed by atoms with van der Waals surface area (Å²) < 4.78 is 1.79. The van der Waals surface area contributed by atoms with Crippen LogP contribution in [0.25, 0.3) is 22.3 Å². The summed E-state index contributed by atoms with van der Waals surface area (Å²) in [5.74, 6) is 0.680. The summed E-state index contributed by atoms with van der Waals surface area (Å²) in [5, 5.41) is 15.1. The fourth-order valence-corrected chi connectivity index (χ4v) is 3.94. The van der Waals surface area contributed by atoms with Gasteiger partial charge in [0, 0.05) is 25.2 Å². The van der Waals surface area contributed by atoms with Gasteiger partial charge in [0.15, 0.2) is 5.65 Å². The Morgan fingerprint density at radius 3 is 2.71 bits per heavy atom. The molecule has 4 heterocycles. The maximum absolute atomic E-state index is 13.2. The number of amides is 1. The molecule has 1 fully saturated rings. The lowest BCUT2D eigenvalue weighted by atomic mass is 10.1. The van der Waals surface area contributed by atoms with Crippen molar-refractivity contribution < 1.29 is 4.79 Å². The number of nitrogens with one attached hydrogen (secondary N) is 2. The lowest BCUT2D eigenvalue weighted by molar-refractivity contribution is 0.102. The van der Waals surface area contributed by atoms with Crippen LogP contribution in [-0.2, 0) is 6.54 Å². The zero-order valence-corrected chi connectivity index (χ0v) is 17.4. The summed E-state index contributed by atoms with van der Waals surface area (Å²) in [6.07, 6.45) is 5.19. The summed E-state index contributed by atoms with van der Waals surface area (Å²) in [6.45, 7) is 4.54. The van der Waals surface area contributed by atoms with E-state index < -0.39 is 0 Å². The molecule has 5 rings (SSSR count). The Labute approximate surface area is 179 Å². The lowest BCUT2D eigenvalue weighted by Gasteiger charge is -2.24. The number of aromatic amines is 1. The van der Waals surface area contributed by atoms with E-state index in [9.17, 15) is 4.79 Å². The summed E-state index contributed by atoms with van der Waals surface area (Å²) in [5.41, 5.74) is 2.84. The van der Waals surface area contributed by atoms with Crippen LogP contribution in [0.5, 0.6) is 0 Å². The number of carbonyl (C=O) groups excluding carboxylic acids is 1.